The summed E-state index contributed by atoms with van der Waals surface area (Å²) in [5.74, 6) is 0.275. The molecule has 2 heterocycles. The van der Waals surface area contributed by atoms with Crippen LogP contribution in [0.4, 0.5) is 11.5 Å². The van der Waals surface area contributed by atoms with Crippen LogP contribution in [-0.4, -0.2) is 33.7 Å². The van der Waals surface area contributed by atoms with Crippen molar-refractivity contribution >= 4 is 48.8 Å². The number of sulfonamides is 1. The predicted octanol–water partition coefficient (Wildman–Crippen LogP) is 2.76. The second-order valence-electron chi connectivity index (χ2n) is 4.02. The lowest BCUT2D eigenvalue weighted by Crippen LogP contribution is -2.13. The zero-order chi connectivity index (χ0) is 15.3. The number of hydrogen-bond acceptors (Lipinski definition) is 6. The maximum absolute atomic E-state index is 12.1. The lowest BCUT2D eigenvalue weighted by Gasteiger charge is -2.08. The van der Waals surface area contributed by atoms with Gasteiger partial charge in [-0.05, 0) is 40.2 Å². The van der Waals surface area contributed by atoms with Crippen molar-refractivity contribution in [3.63, 3.8) is 0 Å². The summed E-state index contributed by atoms with van der Waals surface area (Å²) in [7, 11) is -1.96. The SMILES string of the molecule is COCCNc1ccc(NS(=O)(=O)c2ccc(Br)s2)nc1. The Kier molecular flexibility index (Phi) is 5.57. The highest BCUT2D eigenvalue weighted by Crippen LogP contribution is 2.27. The minimum absolute atomic E-state index is 0.235. The van der Waals surface area contributed by atoms with Gasteiger partial charge in [0.25, 0.3) is 10.0 Å². The van der Waals surface area contributed by atoms with Crippen LogP contribution in [0.3, 0.4) is 0 Å². The summed E-state index contributed by atoms with van der Waals surface area (Å²) in [6.45, 7) is 1.24. The van der Waals surface area contributed by atoms with E-state index in [1.807, 2.05) is 0 Å². The molecule has 0 aliphatic carbocycles. The highest BCUT2D eigenvalue weighted by Gasteiger charge is 2.17. The van der Waals surface area contributed by atoms with Crippen molar-refractivity contribution < 1.29 is 13.2 Å². The maximum Gasteiger partial charge on any atom is 0.272 e. The lowest BCUT2D eigenvalue weighted by atomic mass is 10.4. The Morgan fingerprint density at radius 1 is 1.33 bits per heavy atom. The molecule has 21 heavy (non-hydrogen) atoms. The topological polar surface area (TPSA) is 80.3 Å². The first-order valence-corrected chi connectivity index (χ1v) is 9.07. The Hall–Kier alpha value is -1.16. The second kappa shape index (κ2) is 7.21. The van der Waals surface area contributed by atoms with Crippen molar-refractivity contribution in [2.45, 2.75) is 4.21 Å². The number of nitrogens with one attached hydrogen (secondary N) is 2. The van der Waals surface area contributed by atoms with Crippen LogP contribution in [0.1, 0.15) is 0 Å². The van der Waals surface area contributed by atoms with E-state index in [1.165, 1.54) is 6.07 Å². The smallest absolute Gasteiger partial charge is 0.272 e. The molecule has 2 aromatic heterocycles. The number of pyridine rings is 1. The van der Waals surface area contributed by atoms with Crippen LogP contribution in [0.25, 0.3) is 0 Å². The van der Waals surface area contributed by atoms with Gasteiger partial charge in [0.1, 0.15) is 10.0 Å². The van der Waals surface area contributed by atoms with Gasteiger partial charge in [0.15, 0.2) is 0 Å². The van der Waals surface area contributed by atoms with Crippen molar-refractivity contribution in [3.05, 3.63) is 34.2 Å². The Morgan fingerprint density at radius 2 is 2.14 bits per heavy atom. The summed E-state index contributed by atoms with van der Waals surface area (Å²) >= 11 is 4.38. The third-order valence-corrected chi connectivity index (χ3v) is 5.92. The third-order valence-electron chi connectivity index (χ3n) is 2.45. The molecule has 0 aliphatic rings. The minimum atomic E-state index is -3.59. The number of ether oxygens (including phenoxy) is 1. The van der Waals surface area contributed by atoms with Crippen molar-refractivity contribution in [1.29, 1.82) is 0 Å². The molecule has 0 spiro atoms. The number of halogens is 1. The van der Waals surface area contributed by atoms with Crippen molar-refractivity contribution in [1.82, 2.24) is 4.98 Å². The lowest BCUT2D eigenvalue weighted by molar-refractivity contribution is 0.211. The number of methoxy groups -OCH3 is 1. The molecule has 0 amide bonds. The van der Waals surface area contributed by atoms with Crippen LogP contribution >= 0.6 is 27.3 Å². The molecular formula is C12H14BrN3O3S2. The van der Waals surface area contributed by atoms with E-state index >= 15 is 0 Å². The molecule has 114 valence electrons. The highest BCUT2D eigenvalue weighted by atomic mass is 79.9. The molecule has 0 radical (unpaired) electrons. The Balaban J connectivity index is 2.03. The van der Waals surface area contributed by atoms with E-state index < -0.39 is 10.0 Å². The molecule has 0 fully saturated rings. The van der Waals surface area contributed by atoms with Gasteiger partial charge in [-0.2, -0.15) is 0 Å². The quantitative estimate of drug-likeness (QED) is 0.709. The number of anilines is 2. The van der Waals surface area contributed by atoms with Gasteiger partial charge in [-0.1, -0.05) is 0 Å². The van der Waals surface area contributed by atoms with Gasteiger partial charge in [-0.15, -0.1) is 11.3 Å². The van der Waals surface area contributed by atoms with E-state index in [9.17, 15) is 8.42 Å². The van der Waals surface area contributed by atoms with Crippen LogP contribution in [0.2, 0.25) is 0 Å². The predicted molar refractivity (Wildman–Crippen MR) is 87.4 cm³/mol. The zero-order valence-corrected chi connectivity index (χ0v) is 14.4. The van der Waals surface area contributed by atoms with E-state index in [4.69, 9.17) is 4.74 Å². The van der Waals surface area contributed by atoms with Gasteiger partial charge in [0, 0.05) is 13.7 Å². The maximum atomic E-state index is 12.1. The second-order valence-corrected chi connectivity index (χ2v) is 8.39. The standard InChI is InChI=1S/C12H14BrN3O3S2/c1-19-7-6-14-9-2-4-11(15-8-9)16-21(17,18)12-5-3-10(13)20-12/h2-5,8,14H,6-7H2,1H3,(H,15,16). The summed E-state index contributed by atoms with van der Waals surface area (Å²) in [6.07, 6.45) is 1.57. The van der Waals surface area contributed by atoms with Crippen molar-refractivity contribution in [2.24, 2.45) is 0 Å². The molecule has 0 saturated heterocycles. The molecule has 9 heteroatoms. The number of hydrogen-bond donors (Lipinski definition) is 2. The molecule has 2 N–H and O–H groups in total. The van der Waals surface area contributed by atoms with E-state index in [0.717, 1.165) is 20.8 Å². The zero-order valence-electron chi connectivity index (χ0n) is 11.2. The van der Waals surface area contributed by atoms with Gasteiger partial charge in [-0.25, -0.2) is 13.4 Å². The van der Waals surface area contributed by atoms with Crippen LogP contribution in [-0.2, 0) is 14.8 Å². The average Bonchev–Trinajstić information content (AvgIpc) is 2.88. The largest absolute Gasteiger partial charge is 0.383 e. The Bertz CT molecular complexity index is 686. The fraction of sp³-hybridized carbons (Fsp3) is 0.250. The van der Waals surface area contributed by atoms with E-state index in [1.54, 1.807) is 31.5 Å². The summed E-state index contributed by atoms with van der Waals surface area (Å²) in [6, 6.07) is 6.59. The fourth-order valence-corrected chi connectivity index (χ4v) is 4.50. The summed E-state index contributed by atoms with van der Waals surface area (Å²) in [5, 5.41) is 3.10. The van der Waals surface area contributed by atoms with Gasteiger partial charge in [0.2, 0.25) is 0 Å². The number of thiophene rings is 1. The molecule has 6 nitrogen and oxygen atoms in total. The monoisotopic (exact) mass is 391 g/mol. The van der Waals surface area contributed by atoms with E-state index in [0.29, 0.717) is 13.2 Å². The first kappa shape index (κ1) is 16.2. The first-order chi connectivity index (χ1) is 10.0. The molecule has 0 bridgehead atoms. The van der Waals surface area contributed by atoms with Gasteiger partial charge in [0.05, 0.1) is 22.3 Å². The molecule has 0 aromatic carbocycles. The van der Waals surface area contributed by atoms with Crippen LogP contribution in [0, 0.1) is 0 Å². The number of rotatable bonds is 7. The molecule has 2 aromatic rings. The average molecular weight is 392 g/mol. The van der Waals surface area contributed by atoms with Crippen molar-refractivity contribution in [2.75, 3.05) is 30.3 Å². The molecule has 0 saturated carbocycles. The summed E-state index contributed by atoms with van der Waals surface area (Å²) < 4.78 is 32.6. The van der Waals surface area contributed by atoms with Crippen LogP contribution < -0.4 is 10.0 Å². The fourth-order valence-electron chi connectivity index (χ4n) is 1.49. The Morgan fingerprint density at radius 3 is 2.71 bits per heavy atom. The van der Waals surface area contributed by atoms with Gasteiger partial charge < -0.3 is 10.1 Å². The van der Waals surface area contributed by atoms with E-state index in [-0.39, 0.29) is 10.0 Å². The normalized spacial score (nSPS) is 11.3. The van der Waals surface area contributed by atoms with Gasteiger partial charge in [-0.3, -0.25) is 4.72 Å². The number of aromatic nitrogens is 1. The minimum Gasteiger partial charge on any atom is -0.383 e. The van der Waals surface area contributed by atoms with Crippen LogP contribution in [0.5, 0.6) is 0 Å². The summed E-state index contributed by atoms with van der Waals surface area (Å²) in [5.41, 5.74) is 0.800. The molecule has 0 unspecified atom stereocenters. The van der Waals surface area contributed by atoms with Crippen LogP contribution in [0.15, 0.2) is 38.5 Å². The molecule has 2 rings (SSSR count). The van der Waals surface area contributed by atoms with Crippen molar-refractivity contribution in [3.8, 4) is 0 Å². The highest BCUT2D eigenvalue weighted by molar-refractivity contribution is 9.11. The number of nitrogens with zero attached hydrogens (tertiary/aromatic N) is 1. The molecule has 0 aliphatic heterocycles. The summed E-state index contributed by atoms with van der Waals surface area (Å²) in [4.78, 5) is 4.07. The molecular weight excluding hydrogens is 378 g/mol. The first-order valence-electron chi connectivity index (χ1n) is 5.98. The van der Waals surface area contributed by atoms with E-state index in [2.05, 4.69) is 31.0 Å². The van der Waals surface area contributed by atoms with Gasteiger partial charge >= 0.3 is 0 Å². The third kappa shape index (κ3) is 4.67. The Labute approximate surface area is 135 Å². The molecule has 0 atom stereocenters.